The van der Waals surface area contributed by atoms with E-state index >= 15 is 0 Å². The molecule has 0 amide bonds. The number of nitrogens with zero attached hydrogens (tertiary/aromatic N) is 1. The average molecular weight is 280 g/mol. The molecule has 1 N–H and O–H groups in total. The second kappa shape index (κ2) is 5.43. The number of likely N-dealkylation sites (tertiary alicyclic amines) is 1. The maximum absolute atomic E-state index is 3.56. The molecule has 4 rings (SSSR count). The van der Waals surface area contributed by atoms with E-state index in [0.717, 1.165) is 11.8 Å². The Labute approximate surface area is 127 Å². The Morgan fingerprint density at radius 3 is 2.76 bits per heavy atom. The van der Waals surface area contributed by atoms with E-state index in [9.17, 15) is 0 Å². The van der Waals surface area contributed by atoms with Gasteiger partial charge in [0.05, 0.1) is 0 Å². The summed E-state index contributed by atoms with van der Waals surface area (Å²) >= 11 is 0. The van der Waals surface area contributed by atoms with Crippen molar-refractivity contribution in [2.45, 2.75) is 19.4 Å². The Hall–Kier alpha value is -1.38. The van der Waals surface area contributed by atoms with Gasteiger partial charge in [-0.1, -0.05) is 36.4 Å². The predicted molar refractivity (Wildman–Crippen MR) is 88.4 cm³/mol. The largest absolute Gasteiger partial charge is 0.316 e. The van der Waals surface area contributed by atoms with E-state index in [0.29, 0.717) is 6.04 Å². The van der Waals surface area contributed by atoms with Gasteiger partial charge in [-0.15, -0.1) is 0 Å². The summed E-state index contributed by atoms with van der Waals surface area (Å²) in [5.74, 6) is 1.78. The van der Waals surface area contributed by atoms with Gasteiger partial charge in [0.2, 0.25) is 0 Å². The Bertz CT molecular complexity index is 636. The van der Waals surface area contributed by atoms with Crippen molar-refractivity contribution in [3.8, 4) is 0 Å². The lowest BCUT2D eigenvalue weighted by Gasteiger charge is -2.38. The van der Waals surface area contributed by atoms with Crippen molar-refractivity contribution in [1.29, 1.82) is 0 Å². The lowest BCUT2D eigenvalue weighted by atomic mass is 9.87. The van der Waals surface area contributed by atoms with Gasteiger partial charge in [-0.05, 0) is 67.2 Å². The lowest BCUT2D eigenvalue weighted by Crippen LogP contribution is -2.41. The van der Waals surface area contributed by atoms with Gasteiger partial charge < -0.3 is 5.32 Å². The summed E-state index contributed by atoms with van der Waals surface area (Å²) in [4.78, 5) is 2.68. The molecule has 0 radical (unpaired) electrons. The highest BCUT2D eigenvalue weighted by molar-refractivity contribution is 5.83. The first-order chi connectivity index (χ1) is 10.3. The highest BCUT2D eigenvalue weighted by atomic mass is 15.2. The van der Waals surface area contributed by atoms with Gasteiger partial charge in [-0.25, -0.2) is 0 Å². The molecule has 110 valence electrons. The molecule has 0 aliphatic carbocycles. The van der Waals surface area contributed by atoms with E-state index in [1.165, 1.54) is 48.9 Å². The van der Waals surface area contributed by atoms with Crippen LogP contribution in [0.3, 0.4) is 0 Å². The van der Waals surface area contributed by atoms with E-state index in [-0.39, 0.29) is 0 Å². The first kappa shape index (κ1) is 13.3. The molecule has 2 heterocycles. The molecule has 2 aromatic carbocycles. The fourth-order valence-electron chi connectivity index (χ4n) is 4.09. The van der Waals surface area contributed by atoms with E-state index in [2.05, 4.69) is 59.6 Å². The summed E-state index contributed by atoms with van der Waals surface area (Å²) in [6, 6.07) is 16.1. The maximum Gasteiger partial charge on any atom is 0.0320 e. The van der Waals surface area contributed by atoms with Crippen LogP contribution in [0.4, 0.5) is 0 Å². The molecule has 2 fully saturated rings. The van der Waals surface area contributed by atoms with Crippen LogP contribution in [0.5, 0.6) is 0 Å². The molecular formula is C19H24N2. The summed E-state index contributed by atoms with van der Waals surface area (Å²) in [7, 11) is 0. The van der Waals surface area contributed by atoms with Gasteiger partial charge in [0, 0.05) is 12.6 Å². The van der Waals surface area contributed by atoms with Crippen LogP contribution >= 0.6 is 0 Å². The number of rotatable bonds is 2. The lowest BCUT2D eigenvalue weighted by molar-refractivity contribution is 0.111. The molecule has 3 unspecified atom stereocenters. The zero-order valence-corrected chi connectivity index (χ0v) is 12.8. The fourth-order valence-corrected chi connectivity index (χ4v) is 4.09. The maximum atomic E-state index is 3.56. The average Bonchev–Trinajstić information content (AvgIpc) is 3.01. The summed E-state index contributed by atoms with van der Waals surface area (Å²) in [6.45, 7) is 7.32. The molecule has 0 aromatic heterocycles. The topological polar surface area (TPSA) is 15.3 Å². The molecule has 3 atom stereocenters. The molecule has 2 aliphatic heterocycles. The molecule has 0 saturated carbocycles. The van der Waals surface area contributed by atoms with E-state index < -0.39 is 0 Å². The van der Waals surface area contributed by atoms with Gasteiger partial charge in [-0.2, -0.15) is 0 Å². The highest BCUT2D eigenvalue weighted by Gasteiger charge is 2.34. The van der Waals surface area contributed by atoms with E-state index in [1.54, 1.807) is 0 Å². The predicted octanol–water partition coefficient (Wildman–Crippen LogP) is 3.44. The number of nitrogens with one attached hydrogen (secondary N) is 1. The zero-order chi connectivity index (χ0) is 14.2. The third kappa shape index (κ3) is 2.47. The monoisotopic (exact) mass is 280 g/mol. The normalized spacial score (nSPS) is 27.7. The summed E-state index contributed by atoms with van der Waals surface area (Å²) in [5.41, 5.74) is 1.46. The molecule has 21 heavy (non-hydrogen) atoms. The van der Waals surface area contributed by atoms with Gasteiger partial charge in [0.25, 0.3) is 0 Å². The van der Waals surface area contributed by atoms with Crippen LogP contribution in [-0.2, 0) is 0 Å². The van der Waals surface area contributed by atoms with E-state index in [4.69, 9.17) is 0 Å². The van der Waals surface area contributed by atoms with Crippen molar-refractivity contribution in [2.75, 3.05) is 26.2 Å². The van der Waals surface area contributed by atoms with Crippen molar-refractivity contribution < 1.29 is 0 Å². The standard InChI is InChI=1S/C19H24N2/c1-14(21-9-8-18-11-20-12-19(18)13-21)16-7-6-15-4-2-3-5-17(15)10-16/h2-7,10,14,18-20H,8-9,11-13H2,1H3. The molecule has 2 aromatic rings. The second-order valence-electron chi connectivity index (χ2n) is 6.74. The summed E-state index contributed by atoms with van der Waals surface area (Å²) in [5, 5.41) is 6.26. The van der Waals surface area contributed by atoms with Crippen LogP contribution < -0.4 is 5.32 Å². The molecule has 0 spiro atoms. The Balaban J connectivity index is 1.56. The van der Waals surface area contributed by atoms with Crippen molar-refractivity contribution in [1.82, 2.24) is 10.2 Å². The van der Waals surface area contributed by atoms with Gasteiger partial charge in [0.1, 0.15) is 0 Å². The Kier molecular flexibility index (Phi) is 3.44. The zero-order valence-electron chi connectivity index (χ0n) is 12.8. The van der Waals surface area contributed by atoms with Crippen LogP contribution in [0.2, 0.25) is 0 Å². The van der Waals surface area contributed by atoms with Crippen LogP contribution in [-0.4, -0.2) is 31.1 Å². The smallest absolute Gasteiger partial charge is 0.0320 e. The summed E-state index contributed by atoms with van der Waals surface area (Å²) < 4.78 is 0. The number of fused-ring (bicyclic) bond motifs is 2. The third-order valence-electron chi connectivity index (χ3n) is 5.54. The summed E-state index contributed by atoms with van der Waals surface area (Å²) in [6.07, 6.45) is 1.36. The molecular weight excluding hydrogens is 256 g/mol. The molecule has 0 bridgehead atoms. The first-order valence-corrected chi connectivity index (χ1v) is 8.25. The number of hydrogen-bond acceptors (Lipinski definition) is 2. The van der Waals surface area contributed by atoms with Crippen LogP contribution in [0.1, 0.15) is 24.9 Å². The quantitative estimate of drug-likeness (QED) is 0.906. The third-order valence-corrected chi connectivity index (χ3v) is 5.54. The molecule has 2 saturated heterocycles. The number of hydrogen-bond donors (Lipinski definition) is 1. The SMILES string of the molecule is CC(c1ccc2ccccc2c1)N1CCC2CNCC2C1. The van der Waals surface area contributed by atoms with Gasteiger partial charge >= 0.3 is 0 Å². The van der Waals surface area contributed by atoms with Crippen molar-refractivity contribution in [2.24, 2.45) is 11.8 Å². The Morgan fingerprint density at radius 2 is 1.86 bits per heavy atom. The minimum absolute atomic E-state index is 0.524. The van der Waals surface area contributed by atoms with Crippen molar-refractivity contribution >= 4 is 10.8 Å². The van der Waals surface area contributed by atoms with Gasteiger partial charge in [-0.3, -0.25) is 4.90 Å². The number of piperidine rings is 1. The number of benzene rings is 2. The highest BCUT2D eigenvalue weighted by Crippen LogP contribution is 2.32. The second-order valence-corrected chi connectivity index (χ2v) is 6.74. The van der Waals surface area contributed by atoms with Crippen LogP contribution in [0, 0.1) is 11.8 Å². The Morgan fingerprint density at radius 1 is 1.05 bits per heavy atom. The minimum Gasteiger partial charge on any atom is -0.316 e. The van der Waals surface area contributed by atoms with Gasteiger partial charge in [0.15, 0.2) is 0 Å². The molecule has 2 heteroatoms. The van der Waals surface area contributed by atoms with E-state index in [1.807, 2.05) is 0 Å². The van der Waals surface area contributed by atoms with Crippen LogP contribution in [0.25, 0.3) is 10.8 Å². The van der Waals surface area contributed by atoms with Crippen LogP contribution in [0.15, 0.2) is 42.5 Å². The first-order valence-electron chi connectivity index (χ1n) is 8.25. The molecule has 2 aliphatic rings. The van der Waals surface area contributed by atoms with Crippen molar-refractivity contribution in [3.05, 3.63) is 48.0 Å². The fraction of sp³-hybridized carbons (Fsp3) is 0.474. The molecule has 2 nitrogen and oxygen atoms in total. The van der Waals surface area contributed by atoms with Crippen molar-refractivity contribution in [3.63, 3.8) is 0 Å². The minimum atomic E-state index is 0.524.